The van der Waals surface area contributed by atoms with E-state index in [0.717, 1.165) is 32.5 Å². The van der Waals surface area contributed by atoms with E-state index in [4.69, 9.17) is 0 Å². The van der Waals surface area contributed by atoms with Crippen LogP contribution in [0.2, 0.25) is 0 Å². The molecular weight excluding hydrogens is 303 g/mol. The van der Waals surface area contributed by atoms with E-state index in [1.165, 1.54) is 11.6 Å². The number of benzene rings is 2. The van der Waals surface area contributed by atoms with E-state index in [9.17, 15) is 9.18 Å². The van der Waals surface area contributed by atoms with Crippen LogP contribution in [0.25, 0.3) is 0 Å². The second-order valence-electron chi connectivity index (χ2n) is 6.20. The SMILES string of the molecule is O=C(c1ccccc1F)N1CCN(CCCc2ccccc2)CC1. The third-order valence-corrected chi connectivity index (χ3v) is 4.55. The summed E-state index contributed by atoms with van der Waals surface area (Å²) in [5.74, 6) is -0.634. The maximum absolute atomic E-state index is 13.7. The molecule has 0 N–H and O–H groups in total. The summed E-state index contributed by atoms with van der Waals surface area (Å²) in [6, 6.07) is 16.7. The Kier molecular flexibility index (Phi) is 5.59. The molecule has 2 aromatic rings. The van der Waals surface area contributed by atoms with Gasteiger partial charge in [0.15, 0.2) is 0 Å². The van der Waals surface area contributed by atoms with Crippen molar-refractivity contribution in [3.63, 3.8) is 0 Å². The van der Waals surface area contributed by atoms with Gasteiger partial charge in [-0.3, -0.25) is 9.69 Å². The van der Waals surface area contributed by atoms with E-state index in [1.54, 1.807) is 23.1 Å². The van der Waals surface area contributed by atoms with Crippen LogP contribution in [-0.4, -0.2) is 48.4 Å². The molecule has 4 heteroatoms. The molecule has 1 heterocycles. The lowest BCUT2D eigenvalue weighted by atomic mass is 10.1. The highest BCUT2D eigenvalue weighted by Gasteiger charge is 2.23. The number of rotatable bonds is 5. The van der Waals surface area contributed by atoms with Crippen LogP contribution in [0.3, 0.4) is 0 Å². The molecule has 1 aliphatic rings. The standard InChI is InChI=1S/C20H23FN2O/c21-19-11-5-4-10-18(19)20(24)23-15-13-22(14-16-23)12-6-9-17-7-2-1-3-8-17/h1-5,7-8,10-11H,6,9,12-16H2. The third-order valence-electron chi connectivity index (χ3n) is 4.55. The lowest BCUT2D eigenvalue weighted by molar-refractivity contribution is 0.0631. The Hall–Kier alpha value is -2.20. The molecule has 0 spiro atoms. The second kappa shape index (κ2) is 8.06. The summed E-state index contributed by atoms with van der Waals surface area (Å²) in [6.45, 7) is 4.08. The largest absolute Gasteiger partial charge is 0.336 e. The molecule has 0 saturated carbocycles. The highest BCUT2D eigenvalue weighted by Crippen LogP contribution is 2.13. The topological polar surface area (TPSA) is 23.6 Å². The number of piperazine rings is 1. The lowest BCUT2D eigenvalue weighted by Crippen LogP contribution is -2.49. The Balaban J connectivity index is 1.44. The van der Waals surface area contributed by atoms with Crippen molar-refractivity contribution in [2.24, 2.45) is 0 Å². The number of nitrogens with zero attached hydrogens (tertiary/aromatic N) is 2. The molecule has 1 aliphatic heterocycles. The van der Waals surface area contributed by atoms with Crippen LogP contribution in [0, 0.1) is 5.82 Å². The number of amides is 1. The first-order chi connectivity index (χ1) is 11.7. The lowest BCUT2D eigenvalue weighted by Gasteiger charge is -2.34. The van der Waals surface area contributed by atoms with Crippen LogP contribution >= 0.6 is 0 Å². The minimum atomic E-state index is -0.437. The predicted molar refractivity (Wildman–Crippen MR) is 93.5 cm³/mol. The van der Waals surface area contributed by atoms with Crippen LogP contribution in [-0.2, 0) is 6.42 Å². The fraction of sp³-hybridized carbons (Fsp3) is 0.350. The molecule has 126 valence electrons. The van der Waals surface area contributed by atoms with Crippen LogP contribution in [0.1, 0.15) is 22.3 Å². The molecule has 0 aromatic heterocycles. The fourth-order valence-electron chi connectivity index (χ4n) is 3.13. The maximum atomic E-state index is 13.7. The maximum Gasteiger partial charge on any atom is 0.256 e. The van der Waals surface area contributed by atoms with Crippen molar-refractivity contribution in [2.75, 3.05) is 32.7 Å². The number of hydrogen-bond donors (Lipinski definition) is 0. The Morgan fingerprint density at radius 2 is 1.58 bits per heavy atom. The van der Waals surface area contributed by atoms with Crippen molar-refractivity contribution in [3.8, 4) is 0 Å². The second-order valence-corrected chi connectivity index (χ2v) is 6.20. The number of aryl methyl sites for hydroxylation is 1. The summed E-state index contributed by atoms with van der Waals surface area (Å²) in [7, 11) is 0. The molecule has 0 bridgehead atoms. The zero-order chi connectivity index (χ0) is 16.8. The van der Waals surface area contributed by atoms with Gasteiger partial charge >= 0.3 is 0 Å². The quantitative estimate of drug-likeness (QED) is 0.842. The van der Waals surface area contributed by atoms with Gasteiger partial charge in [-0.25, -0.2) is 4.39 Å². The number of carbonyl (C=O) groups excluding carboxylic acids is 1. The van der Waals surface area contributed by atoms with E-state index in [-0.39, 0.29) is 11.5 Å². The summed E-state index contributed by atoms with van der Waals surface area (Å²) in [5, 5.41) is 0. The van der Waals surface area contributed by atoms with E-state index in [2.05, 4.69) is 29.2 Å². The number of halogens is 1. The summed E-state index contributed by atoms with van der Waals surface area (Å²) in [6.07, 6.45) is 2.19. The van der Waals surface area contributed by atoms with Crippen molar-refractivity contribution in [2.45, 2.75) is 12.8 Å². The molecule has 3 nitrogen and oxygen atoms in total. The van der Waals surface area contributed by atoms with E-state index < -0.39 is 5.82 Å². The average molecular weight is 326 g/mol. The van der Waals surface area contributed by atoms with E-state index in [0.29, 0.717) is 13.1 Å². The first-order valence-corrected chi connectivity index (χ1v) is 8.54. The minimum Gasteiger partial charge on any atom is -0.336 e. The first kappa shape index (κ1) is 16.7. The molecule has 1 saturated heterocycles. The molecule has 2 aromatic carbocycles. The normalized spacial score (nSPS) is 15.5. The molecular formula is C20H23FN2O. The van der Waals surface area contributed by atoms with Crippen molar-refractivity contribution in [3.05, 3.63) is 71.5 Å². The minimum absolute atomic E-state index is 0.176. The summed E-state index contributed by atoms with van der Waals surface area (Å²) in [5.41, 5.74) is 1.54. The van der Waals surface area contributed by atoms with Gasteiger partial charge in [-0.15, -0.1) is 0 Å². The first-order valence-electron chi connectivity index (χ1n) is 8.54. The molecule has 0 radical (unpaired) electrons. The third kappa shape index (κ3) is 4.20. The van der Waals surface area contributed by atoms with Crippen LogP contribution < -0.4 is 0 Å². The number of carbonyl (C=O) groups is 1. The van der Waals surface area contributed by atoms with Gasteiger partial charge in [0.2, 0.25) is 0 Å². The Morgan fingerprint density at radius 3 is 2.29 bits per heavy atom. The summed E-state index contributed by atoms with van der Waals surface area (Å²) < 4.78 is 13.7. The van der Waals surface area contributed by atoms with Crippen LogP contribution in [0.15, 0.2) is 54.6 Å². The molecule has 0 aliphatic carbocycles. The Labute approximate surface area is 142 Å². The predicted octanol–water partition coefficient (Wildman–Crippen LogP) is 3.22. The Morgan fingerprint density at radius 1 is 0.917 bits per heavy atom. The molecule has 1 fully saturated rings. The number of hydrogen-bond acceptors (Lipinski definition) is 2. The summed E-state index contributed by atoms with van der Waals surface area (Å²) >= 11 is 0. The smallest absolute Gasteiger partial charge is 0.256 e. The Bertz CT molecular complexity index is 666. The van der Waals surface area contributed by atoms with Gasteiger partial charge in [0.25, 0.3) is 5.91 Å². The zero-order valence-corrected chi connectivity index (χ0v) is 13.8. The van der Waals surface area contributed by atoms with Gasteiger partial charge in [-0.1, -0.05) is 42.5 Å². The highest BCUT2D eigenvalue weighted by molar-refractivity contribution is 5.94. The van der Waals surface area contributed by atoms with Gasteiger partial charge in [0, 0.05) is 26.2 Å². The molecule has 1 amide bonds. The average Bonchev–Trinajstić information content (AvgIpc) is 2.63. The van der Waals surface area contributed by atoms with Crippen LogP contribution in [0.4, 0.5) is 4.39 Å². The van der Waals surface area contributed by atoms with Crippen molar-refractivity contribution >= 4 is 5.91 Å². The zero-order valence-electron chi connectivity index (χ0n) is 13.8. The van der Waals surface area contributed by atoms with Gasteiger partial charge in [-0.05, 0) is 37.1 Å². The molecule has 3 rings (SSSR count). The highest BCUT2D eigenvalue weighted by atomic mass is 19.1. The van der Waals surface area contributed by atoms with Crippen molar-refractivity contribution < 1.29 is 9.18 Å². The molecule has 0 atom stereocenters. The van der Waals surface area contributed by atoms with Gasteiger partial charge in [0.1, 0.15) is 5.82 Å². The summed E-state index contributed by atoms with van der Waals surface area (Å²) in [4.78, 5) is 16.5. The van der Waals surface area contributed by atoms with Gasteiger partial charge in [0.05, 0.1) is 5.56 Å². The van der Waals surface area contributed by atoms with Crippen molar-refractivity contribution in [1.29, 1.82) is 0 Å². The van der Waals surface area contributed by atoms with Gasteiger partial charge < -0.3 is 4.90 Å². The fourth-order valence-corrected chi connectivity index (χ4v) is 3.13. The molecule has 0 unspecified atom stereocenters. The van der Waals surface area contributed by atoms with Crippen molar-refractivity contribution in [1.82, 2.24) is 9.80 Å². The van der Waals surface area contributed by atoms with E-state index >= 15 is 0 Å². The van der Waals surface area contributed by atoms with Crippen LogP contribution in [0.5, 0.6) is 0 Å². The molecule has 24 heavy (non-hydrogen) atoms. The van der Waals surface area contributed by atoms with Gasteiger partial charge in [-0.2, -0.15) is 0 Å². The monoisotopic (exact) mass is 326 g/mol. The van der Waals surface area contributed by atoms with E-state index in [1.807, 2.05) is 6.07 Å².